The lowest BCUT2D eigenvalue weighted by Crippen LogP contribution is -2.30. The molecule has 8 nitrogen and oxygen atoms in total. The van der Waals surface area contributed by atoms with Crippen molar-refractivity contribution in [2.24, 2.45) is 0 Å². The van der Waals surface area contributed by atoms with Crippen LogP contribution in [0.3, 0.4) is 0 Å². The Hall–Kier alpha value is -5.71. The molecule has 0 bridgehead atoms. The zero-order valence-electron chi connectivity index (χ0n) is 26.7. The third-order valence-electron chi connectivity index (χ3n) is 7.45. The number of fused-ring (bicyclic) bond motifs is 1. The molecule has 1 aromatic heterocycles. The normalized spacial score (nSPS) is 11.8. The first-order valence-electron chi connectivity index (χ1n) is 15.4. The Morgan fingerprint density at radius 1 is 0.816 bits per heavy atom. The molecule has 1 unspecified atom stereocenters. The summed E-state index contributed by atoms with van der Waals surface area (Å²) < 4.78 is 6.47. The van der Waals surface area contributed by atoms with Crippen LogP contribution in [-0.4, -0.2) is 29.8 Å². The van der Waals surface area contributed by atoms with E-state index in [4.69, 9.17) is 4.74 Å². The van der Waals surface area contributed by atoms with Gasteiger partial charge in [-0.1, -0.05) is 84.1 Å². The van der Waals surface area contributed by atoms with Crippen LogP contribution < -0.4 is 20.7 Å². The van der Waals surface area contributed by atoms with Gasteiger partial charge in [-0.3, -0.25) is 14.4 Å². The van der Waals surface area contributed by atoms with Crippen molar-refractivity contribution in [3.05, 3.63) is 155 Å². The van der Waals surface area contributed by atoms with Gasteiger partial charge in [-0.15, -0.1) is 11.8 Å². The van der Waals surface area contributed by atoms with Crippen molar-refractivity contribution >= 4 is 67.9 Å². The molecule has 0 saturated heterocycles. The van der Waals surface area contributed by atoms with E-state index in [1.807, 2.05) is 79.7 Å². The van der Waals surface area contributed by atoms with Crippen LogP contribution in [0.4, 0.5) is 10.8 Å². The van der Waals surface area contributed by atoms with E-state index in [-0.39, 0.29) is 11.6 Å². The molecule has 3 amide bonds. The van der Waals surface area contributed by atoms with Gasteiger partial charge in [0.15, 0.2) is 5.13 Å². The van der Waals surface area contributed by atoms with Crippen LogP contribution in [0.25, 0.3) is 16.3 Å². The molecule has 0 fully saturated rings. The molecule has 0 aliphatic rings. The van der Waals surface area contributed by atoms with Crippen molar-refractivity contribution in [3.8, 4) is 5.75 Å². The summed E-state index contributed by atoms with van der Waals surface area (Å²) >= 11 is 2.84. The number of amides is 3. The number of aryl methyl sites for hydroxylation is 1. The molecular formula is C39H32N4O4S2. The summed E-state index contributed by atoms with van der Waals surface area (Å²) in [4.78, 5) is 45.7. The highest BCUT2D eigenvalue weighted by molar-refractivity contribution is 8.00. The van der Waals surface area contributed by atoms with Gasteiger partial charge in [0.1, 0.15) is 16.7 Å². The Morgan fingerprint density at radius 3 is 2.24 bits per heavy atom. The molecule has 1 atom stereocenters. The number of nitrogens with zero attached hydrogens (tertiary/aromatic N) is 1. The molecule has 0 aliphatic heterocycles. The highest BCUT2D eigenvalue weighted by Crippen LogP contribution is 2.37. The Bertz CT molecular complexity index is 2130. The van der Waals surface area contributed by atoms with Crippen molar-refractivity contribution < 1.29 is 19.1 Å². The number of ether oxygens (including phenoxy) is 1. The molecule has 0 aliphatic carbocycles. The van der Waals surface area contributed by atoms with Crippen LogP contribution in [0.1, 0.15) is 32.3 Å². The van der Waals surface area contributed by atoms with E-state index in [0.29, 0.717) is 27.7 Å². The van der Waals surface area contributed by atoms with Crippen LogP contribution in [0.15, 0.2) is 138 Å². The van der Waals surface area contributed by atoms with Gasteiger partial charge in [0.25, 0.3) is 11.8 Å². The second-order valence-electron chi connectivity index (χ2n) is 11.0. The maximum atomic E-state index is 13.7. The number of nitrogens with one attached hydrogen (secondary N) is 3. The number of methoxy groups -OCH3 is 1. The monoisotopic (exact) mass is 684 g/mol. The van der Waals surface area contributed by atoms with Crippen molar-refractivity contribution in [1.82, 2.24) is 10.3 Å². The SMILES string of the molecule is COc1ccccc1/C=C(\NC(=O)c1ccccc1)C(=O)Nc1ccc(SC(C(=O)Nc2nc3ccc(C)cc3s2)c2ccccc2)cc1. The minimum Gasteiger partial charge on any atom is -0.496 e. The van der Waals surface area contributed by atoms with E-state index in [2.05, 4.69) is 27.0 Å². The Morgan fingerprint density at radius 2 is 1.51 bits per heavy atom. The number of benzene rings is 5. The van der Waals surface area contributed by atoms with Crippen LogP contribution in [-0.2, 0) is 9.59 Å². The fourth-order valence-corrected chi connectivity index (χ4v) is 6.98. The zero-order valence-corrected chi connectivity index (χ0v) is 28.3. The lowest BCUT2D eigenvalue weighted by atomic mass is 10.1. The number of thioether (sulfide) groups is 1. The van der Waals surface area contributed by atoms with E-state index < -0.39 is 17.1 Å². The van der Waals surface area contributed by atoms with Gasteiger partial charge in [-0.25, -0.2) is 4.98 Å². The molecule has 244 valence electrons. The number of rotatable bonds is 11. The fraction of sp³-hybridized carbons (Fsp3) is 0.0769. The topological polar surface area (TPSA) is 109 Å². The summed E-state index contributed by atoms with van der Waals surface area (Å²) in [5.74, 6) is -0.569. The number of hydrogen-bond acceptors (Lipinski definition) is 7. The van der Waals surface area contributed by atoms with Gasteiger partial charge in [-0.05, 0) is 78.7 Å². The average Bonchev–Trinajstić information content (AvgIpc) is 3.53. The largest absolute Gasteiger partial charge is 0.496 e. The quantitative estimate of drug-likeness (QED) is 0.0933. The molecule has 0 spiro atoms. The number of para-hydroxylation sites is 1. The molecular weight excluding hydrogens is 653 g/mol. The fourth-order valence-electron chi connectivity index (χ4n) is 4.99. The predicted molar refractivity (Wildman–Crippen MR) is 198 cm³/mol. The van der Waals surface area contributed by atoms with E-state index in [1.54, 1.807) is 61.7 Å². The predicted octanol–water partition coefficient (Wildman–Crippen LogP) is 8.50. The minimum absolute atomic E-state index is 0.0441. The molecule has 6 aromatic rings. The van der Waals surface area contributed by atoms with E-state index in [9.17, 15) is 14.4 Å². The van der Waals surface area contributed by atoms with Crippen molar-refractivity contribution in [2.75, 3.05) is 17.7 Å². The summed E-state index contributed by atoms with van der Waals surface area (Å²) in [6, 6.07) is 38.7. The van der Waals surface area contributed by atoms with Crippen LogP contribution in [0.5, 0.6) is 5.75 Å². The lowest BCUT2D eigenvalue weighted by molar-refractivity contribution is -0.116. The highest BCUT2D eigenvalue weighted by Gasteiger charge is 2.24. The van der Waals surface area contributed by atoms with Crippen LogP contribution in [0, 0.1) is 6.92 Å². The molecule has 10 heteroatoms. The van der Waals surface area contributed by atoms with E-state index in [1.165, 1.54) is 23.1 Å². The van der Waals surface area contributed by atoms with E-state index in [0.717, 1.165) is 26.2 Å². The molecule has 0 saturated carbocycles. The molecule has 49 heavy (non-hydrogen) atoms. The van der Waals surface area contributed by atoms with Gasteiger partial charge < -0.3 is 20.7 Å². The minimum atomic E-state index is -0.557. The smallest absolute Gasteiger partial charge is 0.272 e. The Kier molecular flexibility index (Phi) is 10.5. The first kappa shape index (κ1) is 33.2. The van der Waals surface area contributed by atoms with Gasteiger partial charge in [0, 0.05) is 21.7 Å². The first-order valence-corrected chi connectivity index (χ1v) is 17.1. The Balaban J connectivity index is 1.20. The number of anilines is 2. The van der Waals surface area contributed by atoms with E-state index >= 15 is 0 Å². The van der Waals surface area contributed by atoms with Crippen molar-refractivity contribution in [2.45, 2.75) is 17.1 Å². The summed E-state index contributed by atoms with van der Waals surface area (Å²) in [6.07, 6.45) is 1.58. The second kappa shape index (κ2) is 15.5. The number of thiazole rings is 1. The summed E-state index contributed by atoms with van der Waals surface area (Å²) in [6.45, 7) is 2.03. The third kappa shape index (κ3) is 8.42. The lowest BCUT2D eigenvalue weighted by Gasteiger charge is -2.17. The maximum Gasteiger partial charge on any atom is 0.272 e. The first-order chi connectivity index (χ1) is 23.9. The molecule has 0 radical (unpaired) electrons. The molecule has 6 rings (SSSR count). The highest BCUT2D eigenvalue weighted by atomic mass is 32.2. The number of aromatic nitrogens is 1. The standard InChI is InChI=1S/C39H32N4O4S2/c1-25-17-22-31-34(23-25)49-39(42-31)43-38(46)35(26-11-5-3-6-12-26)48-30-20-18-29(19-21-30)40-37(45)32(24-28-15-9-10-16-33(28)47-2)41-36(44)27-13-7-4-8-14-27/h3-24,35H,1-2H3,(H,40,45)(H,41,44)(H,42,43,46)/b32-24-. The average molecular weight is 685 g/mol. The Labute approximate surface area is 292 Å². The number of carbonyl (C=O) groups excluding carboxylic acids is 3. The van der Waals surface area contributed by atoms with Gasteiger partial charge >= 0.3 is 0 Å². The van der Waals surface area contributed by atoms with Gasteiger partial charge in [-0.2, -0.15) is 0 Å². The molecule has 3 N–H and O–H groups in total. The van der Waals surface area contributed by atoms with Gasteiger partial charge in [0.2, 0.25) is 5.91 Å². The summed E-state index contributed by atoms with van der Waals surface area (Å²) in [5, 5.41) is 8.64. The van der Waals surface area contributed by atoms with Gasteiger partial charge in [0.05, 0.1) is 17.3 Å². The molecule has 5 aromatic carbocycles. The summed E-state index contributed by atoms with van der Waals surface area (Å²) in [5.41, 5.74) is 4.42. The second-order valence-corrected chi connectivity index (χ2v) is 13.2. The zero-order chi connectivity index (χ0) is 34.2. The van der Waals surface area contributed by atoms with Crippen molar-refractivity contribution in [3.63, 3.8) is 0 Å². The number of carbonyl (C=O) groups is 3. The molecule has 1 heterocycles. The number of hydrogen-bond donors (Lipinski definition) is 3. The van der Waals surface area contributed by atoms with Crippen molar-refractivity contribution in [1.29, 1.82) is 0 Å². The maximum absolute atomic E-state index is 13.7. The third-order valence-corrected chi connectivity index (χ3v) is 9.65. The van der Waals surface area contributed by atoms with Crippen LogP contribution >= 0.6 is 23.1 Å². The van der Waals surface area contributed by atoms with Crippen LogP contribution in [0.2, 0.25) is 0 Å². The summed E-state index contributed by atoms with van der Waals surface area (Å²) in [7, 11) is 1.54.